The molecule has 0 saturated carbocycles. The standard InChI is InChI=1S/C10H12N2S2/c11-12-10(8-3-5-13-7-8)6-9-2-1-4-14-9/h1-5,7,10,12H,6,11H2. The maximum absolute atomic E-state index is 5.54. The zero-order valence-electron chi connectivity index (χ0n) is 7.64. The summed E-state index contributed by atoms with van der Waals surface area (Å²) < 4.78 is 0. The van der Waals surface area contributed by atoms with E-state index in [1.165, 1.54) is 10.4 Å². The maximum Gasteiger partial charge on any atom is 0.0516 e. The Balaban J connectivity index is 2.08. The van der Waals surface area contributed by atoms with Gasteiger partial charge in [0, 0.05) is 11.3 Å². The van der Waals surface area contributed by atoms with Crippen molar-refractivity contribution in [3.05, 3.63) is 44.8 Å². The van der Waals surface area contributed by atoms with Crippen molar-refractivity contribution in [2.75, 3.05) is 0 Å². The lowest BCUT2D eigenvalue weighted by molar-refractivity contribution is 0.557. The molecule has 1 unspecified atom stereocenters. The average molecular weight is 224 g/mol. The van der Waals surface area contributed by atoms with Crippen LogP contribution >= 0.6 is 22.7 Å². The molecule has 0 fully saturated rings. The third kappa shape index (κ3) is 2.22. The maximum atomic E-state index is 5.54. The van der Waals surface area contributed by atoms with Gasteiger partial charge in [-0.2, -0.15) is 11.3 Å². The van der Waals surface area contributed by atoms with Gasteiger partial charge in [0.1, 0.15) is 0 Å². The Hall–Kier alpha value is -0.680. The Labute approximate surface area is 91.4 Å². The van der Waals surface area contributed by atoms with Crippen LogP contribution in [0.15, 0.2) is 34.3 Å². The molecule has 0 saturated heterocycles. The zero-order valence-corrected chi connectivity index (χ0v) is 9.28. The predicted molar refractivity (Wildman–Crippen MR) is 62.4 cm³/mol. The number of nitrogens with two attached hydrogens (primary N) is 1. The second kappa shape index (κ2) is 4.70. The average Bonchev–Trinajstić information content (AvgIpc) is 2.86. The second-order valence-electron chi connectivity index (χ2n) is 3.06. The van der Waals surface area contributed by atoms with Crippen LogP contribution in [0.1, 0.15) is 16.5 Å². The van der Waals surface area contributed by atoms with Gasteiger partial charge in [0.05, 0.1) is 6.04 Å². The molecule has 2 aromatic heterocycles. The summed E-state index contributed by atoms with van der Waals surface area (Å²) in [6.07, 6.45) is 0.963. The van der Waals surface area contributed by atoms with E-state index in [1.54, 1.807) is 22.7 Å². The van der Waals surface area contributed by atoms with Crippen LogP contribution in [0.3, 0.4) is 0 Å². The molecular weight excluding hydrogens is 212 g/mol. The normalized spacial score (nSPS) is 12.9. The summed E-state index contributed by atoms with van der Waals surface area (Å²) in [5.74, 6) is 5.54. The van der Waals surface area contributed by atoms with E-state index in [0.717, 1.165) is 6.42 Å². The van der Waals surface area contributed by atoms with Gasteiger partial charge >= 0.3 is 0 Å². The van der Waals surface area contributed by atoms with Crippen LogP contribution in [0.2, 0.25) is 0 Å². The summed E-state index contributed by atoms with van der Waals surface area (Å²) in [6, 6.07) is 6.56. The first-order chi connectivity index (χ1) is 6.90. The van der Waals surface area contributed by atoms with Crippen LogP contribution in [-0.2, 0) is 6.42 Å². The van der Waals surface area contributed by atoms with Gasteiger partial charge in [-0.05, 0) is 33.8 Å². The molecule has 2 heterocycles. The highest BCUT2D eigenvalue weighted by atomic mass is 32.1. The third-order valence-corrected chi connectivity index (χ3v) is 3.73. The van der Waals surface area contributed by atoms with Crippen LogP contribution in [0, 0.1) is 0 Å². The van der Waals surface area contributed by atoms with Gasteiger partial charge in [0.25, 0.3) is 0 Å². The number of hydrogen-bond acceptors (Lipinski definition) is 4. The molecule has 0 aliphatic rings. The van der Waals surface area contributed by atoms with Gasteiger partial charge in [-0.3, -0.25) is 11.3 Å². The summed E-state index contributed by atoms with van der Waals surface area (Å²) in [6.45, 7) is 0. The molecule has 0 aromatic carbocycles. The quantitative estimate of drug-likeness (QED) is 0.619. The Morgan fingerprint density at radius 2 is 2.29 bits per heavy atom. The largest absolute Gasteiger partial charge is 0.271 e. The molecule has 4 heteroatoms. The lowest BCUT2D eigenvalue weighted by Crippen LogP contribution is -2.28. The highest BCUT2D eigenvalue weighted by Gasteiger charge is 2.10. The first-order valence-corrected chi connectivity index (χ1v) is 6.23. The van der Waals surface area contributed by atoms with Gasteiger partial charge in [0.2, 0.25) is 0 Å². The van der Waals surface area contributed by atoms with E-state index in [1.807, 2.05) is 0 Å². The lowest BCUT2D eigenvalue weighted by atomic mass is 10.1. The van der Waals surface area contributed by atoms with Crippen LogP contribution in [0.25, 0.3) is 0 Å². The monoisotopic (exact) mass is 224 g/mol. The molecule has 0 spiro atoms. The second-order valence-corrected chi connectivity index (χ2v) is 4.87. The smallest absolute Gasteiger partial charge is 0.0516 e. The molecule has 1 atom stereocenters. The Morgan fingerprint density at radius 1 is 1.36 bits per heavy atom. The molecule has 2 rings (SSSR count). The fraction of sp³-hybridized carbons (Fsp3) is 0.200. The Morgan fingerprint density at radius 3 is 2.86 bits per heavy atom. The fourth-order valence-electron chi connectivity index (χ4n) is 1.38. The number of hydrazine groups is 1. The van der Waals surface area contributed by atoms with Gasteiger partial charge in [0.15, 0.2) is 0 Å². The van der Waals surface area contributed by atoms with Crippen LogP contribution in [-0.4, -0.2) is 0 Å². The fourth-order valence-corrected chi connectivity index (χ4v) is 2.84. The van der Waals surface area contributed by atoms with Crippen LogP contribution in [0.4, 0.5) is 0 Å². The number of rotatable bonds is 4. The number of thiophene rings is 2. The van der Waals surface area contributed by atoms with Crippen molar-refractivity contribution < 1.29 is 0 Å². The van der Waals surface area contributed by atoms with Gasteiger partial charge in [-0.1, -0.05) is 6.07 Å². The molecule has 14 heavy (non-hydrogen) atoms. The van der Waals surface area contributed by atoms with E-state index in [-0.39, 0.29) is 6.04 Å². The van der Waals surface area contributed by atoms with Crippen LogP contribution < -0.4 is 11.3 Å². The van der Waals surface area contributed by atoms with Gasteiger partial charge in [-0.25, -0.2) is 0 Å². The summed E-state index contributed by atoms with van der Waals surface area (Å²) >= 11 is 3.48. The number of nitrogens with one attached hydrogen (secondary N) is 1. The van der Waals surface area contributed by atoms with E-state index in [0.29, 0.717) is 0 Å². The molecule has 74 valence electrons. The highest BCUT2D eigenvalue weighted by molar-refractivity contribution is 7.09. The minimum absolute atomic E-state index is 0.236. The molecule has 0 bridgehead atoms. The zero-order chi connectivity index (χ0) is 9.80. The highest BCUT2D eigenvalue weighted by Crippen LogP contribution is 2.22. The molecule has 0 amide bonds. The van der Waals surface area contributed by atoms with Crippen molar-refractivity contribution in [3.63, 3.8) is 0 Å². The topological polar surface area (TPSA) is 38.0 Å². The Bertz CT molecular complexity index is 353. The van der Waals surface area contributed by atoms with Crippen molar-refractivity contribution in [3.8, 4) is 0 Å². The molecule has 0 radical (unpaired) electrons. The van der Waals surface area contributed by atoms with Gasteiger partial charge in [-0.15, -0.1) is 11.3 Å². The molecule has 2 aromatic rings. The van der Waals surface area contributed by atoms with E-state index < -0.39 is 0 Å². The van der Waals surface area contributed by atoms with Crippen molar-refractivity contribution in [2.24, 2.45) is 5.84 Å². The lowest BCUT2D eigenvalue weighted by Gasteiger charge is -2.12. The van der Waals surface area contributed by atoms with E-state index >= 15 is 0 Å². The predicted octanol–water partition coefficient (Wildman–Crippen LogP) is 2.56. The minimum atomic E-state index is 0.236. The van der Waals surface area contributed by atoms with Crippen molar-refractivity contribution in [1.29, 1.82) is 0 Å². The Kier molecular flexibility index (Phi) is 3.31. The van der Waals surface area contributed by atoms with E-state index in [9.17, 15) is 0 Å². The van der Waals surface area contributed by atoms with Crippen molar-refractivity contribution in [2.45, 2.75) is 12.5 Å². The molecule has 0 aliphatic carbocycles. The molecule has 2 nitrogen and oxygen atoms in total. The van der Waals surface area contributed by atoms with Crippen molar-refractivity contribution in [1.82, 2.24) is 5.43 Å². The van der Waals surface area contributed by atoms with Crippen LogP contribution in [0.5, 0.6) is 0 Å². The minimum Gasteiger partial charge on any atom is -0.271 e. The van der Waals surface area contributed by atoms with Gasteiger partial charge < -0.3 is 0 Å². The molecule has 3 N–H and O–H groups in total. The molecular formula is C10H12N2S2. The summed E-state index contributed by atoms with van der Waals surface area (Å²) in [5, 5.41) is 6.31. The summed E-state index contributed by atoms with van der Waals surface area (Å²) in [4.78, 5) is 1.36. The third-order valence-electron chi connectivity index (χ3n) is 2.13. The van der Waals surface area contributed by atoms with E-state index in [4.69, 9.17) is 5.84 Å². The molecule has 0 aliphatic heterocycles. The first-order valence-electron chi connectivity index (χ1n) is 4.41. The number of hydrogen-bond donors (Lipinski definition) is 2. The van der Waals surface area contributed by atoms with Crippen molar-refractivity contribution >= 4 is 22.7 Å². The SMILES string of the molecule is NNC(Cc1cccs1)c1ccsc1. The first kappa shape index (κ1) is 9.86. The summed E-state index contributed by atoms with van der Waals surface area (Å²) in [5.41, 5.74) is 4.13. The van der Waals surface area contributed by atoms with E-state index in [2.05, 4.69) is 39.8 Å². The summed E-state index contributed by atoms with van der Waals surface area (Å²) in [7, 11) is 0.